The maximum Gasteiger partial charge on any atom is 0.291 e. The minimum absolute atomic E-state index is 0.0548. The number of anilines is 2. The Morgan fingerprint density at radius 3 is 2.96 bits per heavy atom. The number of benzene rings is 1. The number of amides is 2. The summed E-state index contributed by atoms with van der Waals surface area (Å²) in [6, 6.07) is 8.83. The van der Waals surface area contributed by atoms with Gasteiger partial charge in [0.15, 0.2) is 5.76 Å². The molecule has 120 valence electrons. The van der Waals surface area contributed by atoms with Crippen molar-refractivity contribution in [3.05, 3.63) is 47.9 Å². The van der Waals surface area contributed by atoms with Crippen LogP contribution in [0.2, 0.25) is 0 Å². The van der Waals surface area contributed by atoms with Crippen LogP contribution in [0.15, 0.2) is 41.0 Å². The van der Waals surface area contributed by atoms with Crippen LogP contribution in [0.4, 0.5) is 11.4 Å². The van der Waals surface area contributed by atoms with Crippen molar-refractivity contribution in [1.29, 1.82) is 0 Å². The minimum atomic E-state index is -0.293. The highest BCUT2D eigenvalue weighted by Gasteiger charge is 2.22. The summed E-state index contributed by atoms with van der Waals surface area (Å²) in [6.45, 7) is 0.754. The molecule has 0 spiro atoms. The third kappa shape index (κ3) is 3.27. The zero-order valence-electron chi connectivity index (χ0n) is 12.9. The fourth-order valence-corrected chi connectivity index (χ4v) is 2.74. The van der Waals surface area contributed by atoms with E-state index in [0.29, 0.717) is 12.2 Å². The van der Waals surface area contributed by atoms with E-state index in [1.165, 1.54) is 13.4 Å². The Bertz CT molecular complexity index is 709. The largest absolute Gasteiger partial charge is 0.459 e. The van der Waals surface area contributed by atoms with Crippen molar-refractivity contribution in [3.8, 4) is 0 Å². The fourth-order valence-electron chi connectivity index (χ4n) is 2.74. The smallest absolute Gasteiger partial charge is 0.291 e. The molecule has 23 heavy (non-hydrogen) atoms. The molecule has 1 aromatic heterocycles. The average molecular weight is 314 g/mol. The summed E-state index contributed by atoms with van der Waals surface area (Å²) in [4.78, 5) is 25.8. The van der Waals surface area contributed by atoms with Crippen LogP contribution in [0.3, 0.4) is 0 Å². The molecule has 2 aromatic rings. The van der Waals surface area contributed by atoms with E-state index in [1.54, 1.807) is 23.1 Å². The van der Waals surface area contributed by atoms with Crippen LogP contribution < -0.4 is 10.2 Å². The number of carbonyl (C=O) groups excluding carboxylic acids is 2. The van der Waals surface area contributed by atoms with E-state index >= 15 is 0 Å². The highest BCUT2D eigenvalue weighted by molar-refractivity contribution is 6.02. The van der Waals surface area contributed by atoms with Gasteiger partial charge in [0.25, 0.3) is 11.8 Å². The predicted molar refractivity (Wildman–Crippen MR) is 85.7 cm³/mol. The second kappa shape index (κ2) is 6.66. The normalized spacial score (nSPS) is 13.5. The lowest BCUT2D eigenvalue weighted by Gasteiger charge is -2.29. The zero-order valence-corrected chi connectivity index (χ0v) is 12.9. The molecule has 0 bridgehead atoms. The summed E-state index contributed by atoms with van der Waals surface area (Å²) in [5.74, 6) is -0.0847. The summed E-state index contributed by atoms with van der Waals surface area (Å²) in [6.07, 6.45) is 3.22. The molecule has 0 unspecified atom stereocenters. The molecule has 1 aliphatic rings. The minimum Gasteiger partial charge on any atom is -0.459 e. The van der Waals surface area contributed by atoms with Crippen molar-refractivity contribution in [2.24, 2.45) is 0 Å². The topological polar surface area (TPSA) is 71.8 Å². The third-order valence-corrected chi connectivity index (χ3v) is 3.77. The van der Waals surface area contributed by atoms with E-state index in [1.807, 2.05) is 12.1 Å². The van der Waals surface area contributed by atoms with Gasteiger partial charge in [0.2, 0.25) is 0 Å². The second-order valence-electron chi connectivity index (χ2n) is 5.36. The maximum absolute atomic E-state index is 12.1. The molecule has 0 radical (unpaired) electrons. The SMILES string of the molecule is COCC(=O)N1CCCc2cc(NC(=O)c3ccco3)ccc21. The van der Waals surface area contributed by atoms with Crippen LogP contribution >= 0.6 is 0 Å². The molecule has 0 fully saturated rings. The third-order valence-electron chi connectivity index (χ3n) is 3.77. The van der Waals surface area contributed by atoms with Gasteiger partial charge in [-0.3, -0.25) is 9.59 Å². The first-order valence-electron chi connectivity index (χ1n) is 7.46. The van der Waals surface area contributed by atoms with E-state index in [0.717, 1.165) is 24.1 Å². The van der Waals surface area contributed by atoms with Gasteiger partial charge in [-0.1, -0.05) is 0 Å². The molecular weight excluding hydrogens is 296 g/mol. The number of nitrogens with one attached hydrogen (secondary N) is 1. The van der Waals surface area contributed by atoms with Crippen molar-refractivity contribution in [2.45, 2.75) is 12.8 Å². The Morgan fingerprint density at radius 1 is 1.35 bits per heavy atom. The first-order valence-corrected chi connectivity index (χ1v) is 7.46. The molecule has 0 atom stereocenters. The lowest BCUT2D eigenvalue weighted by molar-refractivity contribution is -0.122. The number of furan rings is 1. The van der Waals surface area contributed by atoms with Gasteiger partial charge in [-0.25, -0.2) is 0 Å². The Morgan fingerprint density at radius 2 is 2.22 bits per heavy atom. The number of hydrogen-bond acceptors (Lipinski definition) is 4. The van der Waals surface area contributed by atoms with E-state index in [9.17, 15) is 9.59 Å². The highest BCUT2D eigenvalue weighted by atomic mass is 16.5. The van der Waals surface area contributed by atoms with Gasteiger partial charge in [-0.15, -0.1) is 0 Å². The number of hydrogen-bond donors (Lipinski definition) is 1. The van der Waals surface area contributed by atoms with Gasteiger partial charge in [-0.2, -0.15) is 0 Å². The van der Waals surface area contributed by atoms with Gasteiger partial charge in [0.05, 0.1) is 6.26 Å². The summed E-state index contributed by atoms with van der Waals surface area (Å²) in [7, 11) is 1.51. The lowest BCUT2D eigenvalue weighted by Crippen LogP contribution is -2.37. The van der Waals surface area contributed by atoms with Crippen molar-refractivity contribution in [2.75, 3.05) is 30.5 Å². The summed E-state index contributed by atoms with van der Waals surface area (Å²) in [5.41, 5.74) is 2.61. The monoisotopic (exact) mass is 314 g/mol. The highest BCUT2D eigenvalue weighted by Crippen LogP contribution is 2.30. The summed E-state index contributed by atoms with van der Waals surface area (Å²) in [5, 5.41) is 2.80. The number of ether oxygens (including phenoxy) is 1. The molecule has 6 nitrogen and oxygen atoms in total. The fraction of sp³-hybridized carbons (Fsp3) is 0.294. The average Bonchev–Trinajstić information content (AvgIpc) is 3.09. The van der Waals surface area contributed by atoms with Gasteiger partial charge >= 0.3 is 0 Å². The Hall–Kier alpha value is -2.60. The number of methoxy groups -OCH3 is 1. The van der Waals surface area contributed by atoms with Crippen molar-refractivity contribution in [3.63, 3.8) is 0 Å². The molecule has 0 saturated heterocycles. The van der Waals surface area contributed by atoms with Crippen LogP contribution in [0.25, 0.3) is 0 Å². The van der Waals surface area contributed by atoms with E-state index in [4.69, 9.17) is 9.15 Å². The summed E-state index contributed by atoms with van der Waals surface area (Å²) < 4.78 is 10.0. The molecule has 1 aliphatic heterocycles. The number of fused-ring (bicyclic) bond motifs is 1. The lowest BCUT2D eigenvalue weighted by atomic mass is 10.0. The second-order valence-corrected chi connectivity index (χ2v) is 5.36. The van der Waals surface area contributed by atoms with E-state index in [-0.39, 0.29) is 24.2 Å². The molecule has 6 heteroatoms. The predicted octanol–water partition coefficient (Wildman–Crippen LogP) is 2.46. The number of rotatable bonds is 4. The molecule has 0 saturated carbocycles. The van der Waals surface area contributed by atoms with E-state index < -0.39 is 0 Å². The van der Waals surface area contributed by atoms with Gasteiger partial charge < -0.3 is 19.4 Å². The van der Waals surface area contributed by atoms with Gasteiger partial charge in [-0.05, 0) is 48.7 Å². The van der Waals surface area contributed by atoms with Crippen LogP contribution in [-0.2, 0) is 16.0 Å². The van der Waals surface area contributed by atoms with Crippen LogP contribution in [0, 0.1) is 0 Å². The van der Waals surface area contributed by atoms with Crippen LogP contribution in [0.1, 0.15) is 22.5 Å². The molecule has 1 N–H and O–H groups in total. The van der Waals surface area contributed by atoms with Crippen molar-refractivity contribution < 1.29 is 18.7 Å². The maximum atomic E-state index is 12.1. The Kier molecular flexibility index (Phi) is 4.43. The number of carbonyl (C=O) groups is 2. The molecule has 2 heterocycles. The van der Waals surface area contributed by atoms with E-state index in [2.05, 4.69) is 5.32 Å². The molecular formula is C17H18N2O4. The van der Waals surface area contributed by atoms with Crippen molar-refractivity contribution in [1.82, 2.24) is 0 Å². The van der Waals surface area contributed by atoms with Gasteiger partial charge in [0.1, 0.15) is 6.61 Å². The standard InChI is InChI=1S/C17H18N2O4/c1-22-11-16(20)19-8-2-4-12-10-13(6-7-14(12)19)18-17(21)15-5-3-9-23-15/h3,5-7,9-10H,2,4,8,11H2,1H3,(H,18,21). The Labute approximate surface area is 134 Å². The Balaban J connectivity index is 1.79. The number of nitrogens with zero attached hydrogens (tertiary/aromatic N) is 1. The quantitative estimate of drug-likeness (QED) is 0.941. The molecule has 0 aliphatic carbocycles. The van der Waals surface area contributed by atoms with Gasteiger partial charge in [0, 0.05) is 25.0 Å². The zero-order chi connectivity index (χ0) is 16.2. The first-order chi connectivity index (χ1) is 11.2. The van der Waals surface area contributed by atoms with Crippen LogP contribution in [0.5, 0.6) is 0 Å². The molecule has 3 rings (SSSR count). The molecule has 1 aromatic carbocycles. The number of aryl methyl sites for hydroxylation is 1. The first kappa shape index (κ1) is 15.3. The summed E-state index contributed by atoms with van der Waals surface area (Å²) >= 11 is 0. The molecule has 2 amide bonds. The van der Waals surface area contributed by atoms with Crippen molar-refractivity contribution >= 4 is 23.2 Å². The van der Waals surface area contributed by atoms with Crippen LogP contribution in [-0.4, -0.2) is 32.1 Å².